The molecule has 1 heterocycles. The first-order chi connectivity index (χ1) is 9.72. The summed E-state index contributed by atoms with van der Waals surface area (Å²) < 4.78 is 6.43. The van der Waals surface area contributed by atoms with Crippen molar-refractivity contribution in [2.45, 2.75) is 13.8 Å². The van der Waals surface area contributed by atoms with Crippen molar-refractivity contribution in [3.05, 3.63) is 42.5 Å². The molecule has 2 rings (SSSR count). The Bertz CT molecular complexity index is 659. The minimum absolute atomic E-state index is 0.188. The first kappa shape index (κ1) is 14.3. The van der Waals surface area contributed by atoms with Crippen molar-refractivity contribution in [2.75, 3.05) is 11.9 Å². The SMILES string of the molecule is C/C=C/C=C/C(=O)Nc1nc2ccc(OCC)cc2s1. The van der Waals surface area contributed by atoms with Crippen molar-refractivity contribution in [1.82, 2.24) is 4.98 Å². The zero-order chi connectivity index (χ0) is 14.4. The average molecular weight is 288 g/mol. The summed E-state index contributed by atoms with van der Waals surface area (Å²) in [7, 11) is 0. The predicted octanol–water partition coefficient (Wildman–Crippen LogP) is 3.77. The summed E-state index contributed by atoms with van der Waals surface area (Å²) in [6.07, 6.45) is 6.82. The Hall–Kier alpha value is -2.14. The van der Waals surface area contributed by atoms with Gasteiger partial charge in [-0.3, -0.25) is 10.1 Å². The molecule has 1 N–H and O–H groups in total. The highest BCUT2D eigenvalue weighted by Crippen LogP contribution is 2.29. The highest BCUT2D eigenvalue weighted by atomic mass is 32.1. The van der Waals surface area contributed by atoms with Crippen LogP contribution in [0.2, 0.25) is 0 Å². The van der Waals surface area contributed by atoms with E-state index in [-0.39, 0.29) is 5.91 Å². The van der Waals surface area contributed by atoms with Gasteiger partial charge in [0.25, 0.3) is 0 Å². The van der Waals surface area contributed by atoms with E-state index in [0.29, 0.717) is 11.7 Å². The van der Waals surface area contributed by atoms with Gasteiger partial charge in [0.1, 0.15) is 5.75 Å². The van der Waals surface area contributed by atoms with E-state index < -0.39 is 0 Å². The molecule has 0 spiro atoms. The maximum atomic E-state index is 11.6. The van der Waals surface area contributed by atoms with Gasteiger partial charge in [-0.25, -0.2) is 4.98 Å². The third-order valence-corrected chi connectivity index (χ3v) is 3.39. The molecule has 0 saturated carbocycles. The Balaban J connectivity index is 2.13. The Labute approximate surface area is 121 Å². The highest BCUT2D eigenvalue weighted by Gasteiger charge is 2.06. The number of aromatic nitrogens is 1. The number of nitrogens with one attached hydrogen (secondary N) is 1. The van der Waals surface area contributed by atoms with Crippen LogP contribution < -0.4 is 10.1 Å². The van der Waals surface area contributed by atoms with Crippen LogP contribution in [-0.4, -0.2) is 17.5 Å². The van der Waals surface area contributed by atoms with Gasteiger partial charge in [0, 0.05) is 6.08 Å². The molecule has 0 atom stereocenters. The molecule has 104 valence electrons. The standard InChI is InChI=1S/C15H16N2O2S/c1-3-5-6-7-14(18)17-15-16-12-9-8-11(19-4-2)10-13(12)20-15/h3,5-10H,4H2,1-2H3,(H,16,17,18)/b5-3+,7-6+. The summed E-state index contributed by atoms with van der Waals surface area (Å²) in [6.45, 7) is 4.47. The van der Waals surface area contributed by atoms with Gasteiger partial charge in [0.15, 0.2) is 5.13 Å². The molecule has 0 unspecified atom stereocenters. The molecule has 5 heteroatoms. The summed E-state index contributed by atoms with van der Waals surface area (Å²) in [5.41, 5.74) is 0.853. The zero-order valence-electron chi connectivity index (χ0n) is 11.4. The zero-order valence-corrected chi connectivity index (χ0v) is 12.2. The van der Waals surface area contributed by atoms with Gasteiger partial charge in [0.2, 0.25) is 5.91 Å². The monoisotopic (exact) mass is 288 g/mol. The largest absolute Gasteiger partial charge is 0.494 e. The summed E-state index contributed by atoms with van der Waals surface area (Å²) >= 11 is 1.43. The Kier molecular flexibility index (Phi) is 4.90. The van der Waals surface area contributed by atoms with E-state index in [2.05, 4.69) is 10.3 Å². The topological polar surface area (TPSA) is 51.2 Å². The molecule has 0 bridgehead atoms. The molecule has 1 aromatic carbocycles. The van der Waals surface area contributed by atoms with Crippen LogP contribution in [0.3, 0.4) is 0 Å². The maximum absolute atomic E-state index is 11.6. The number of benzene rings is 1. The molecule has 0 fully saturated rings. The van der Waals surface area contributed by atoms with E-state index in [1.54, 1.807) is 12.2 Å². The Morgan fingerprint density at radius 2 is 2.30 bits per heavy atom. The van der Waals surface area contributed by atoms with Gasteiger partial charge in [-0.15, -0.1) is 0 Å². The first-order valence-corrected chi connectivity index (χ1v) is 7.18. The normalized spacial score (nSPS) is 11.5. The summed E-state index contributed by atoms with van der Waals surface area (Å²) in [4.78, 5) is 16.0. The predicted molar refractivity (Wildman–Crippen MR) is 83.4 cm³/mol. The van der Waals surface area contributed by atoms with Crippen LogP contribution in [-0.2, 0) is 4.79 Å². The van der Waals surface area contributed by atoms with Crippen molar-refractivity contribution in [3.63, 3.8) is 0 Å². The minimum Gasteiger partial charge on any atom is -0.494 e. The van der Waals surface area contributed by atoms with Crippen LogP contribution >= 0.6 is 11.3 Å². The number of ether oxygens (including phenoxy) is 1. The van der Waals surface area contributed by atoms with Crippen LogP contribution in [0.15, 0.2) is 42.5 Å². The number of hydrogen-bond acceptors (Lipinski definition) is 4. The second kappa shape index (κ2) is 6.86. The summed E-state index contributed by atoms with van der Waals surface area (Å²) in [5, 5.41) is 3.34. The van der Waals surface area contributed by atoms with Crippen molar-refractivity contribution in [1.29, 1.82) is 0 Å². The lowest BCUT2D eigenvalue weighted by Gasteiger charge is -2.00. The van der Waals surface area contributed by atoms with E-state index in [1.807, 2.05) is 38.1 Å². The lowest BCUT2D eigenvalue weighted by atomic mass is 10.3. The van der Waals surface area contributed by atoms with Crippen LogP contribution in [0.1, 0.15) is 13.8 Å². The van der Waals surface area contributed by atoms with E-state index in [4.69, 9.17) is 4.74 Å². The number of thiazole rings is 1. The number of rotatable bonds is 5. The van der Waals surface area contributed by atoms with Gasteiger partial charge < -0.3 is 4.74 Å². The number of allylic oxidation sites excluding steroid dienone is 3. The molecular weight excluding hydrogens is 272 g/mol. The molecule has 0 aliphatic carbocycles. The van der Waals surface area contributed by atoms with Crippen LogP contribution in [0, 0.1) is 0 Å². The van der Waals surface area contributed by atoms with Crippen LogP contribution in [0.5, 0.6) is 5.75 Å². The quantitative estimate of drug-likeness (QED) is 0.673. The second-order valence-electron chi connectivity index (χ2n) is 3.96. The lowest BCUT2D eigenvalue weighted by Crippen LogP contribution is -2.06. The van der Waals surface area contributed by atoms with Gasteiger partial charge in [-0.1, -0.05) is 29.6 Å². The fourth-order valence-corrected chi connectivity index (χ4v) is 2.51. The fourth-order valence-electron chi connectivity index (χ4n) is 1.62. The molecule has 1 aromatic heterocycles. The van der Waals surface area contributed by atoms with Gasteiger partial charge >= 0.3 is 0 Å². The molecule has 2 aromatic rings. The fraction of sp³-hybridized carbons (Fsp3) is 0.200. The van der Waals surface area contributed by atoms with Gasteiger partial charge in [-0.05, 0) is 32.0 Å². The molecule has 0 aliphatic rings. The van der Waals surface area contributed by atoms with Gasteiger partial charge in [0.05, 0.1) is 16.8 Å². The lowest BCUT2D eigenvalue weighted by molar-refractivity contribution is -0.111. The number of anilines is 1. The second-order valence-corrected chi connectivity index (χ2v) is 4.99. The molecule has 4 nitrogen and oxygen atoms in total. The van der Waals surface area contributed by atoms with E-state index >= 15 is 0 Å². The number of nitrogens with zero attached hydrogens (tertiary/aromatic N) is 1. The average Bonchev–Trinajstić information content (AvgIpc) is 2.80. The molecular formula is C15H16N2O2S. The third kappa shape index (κ3) is 3.68. The number of amides is 1. The van der Waals surface area contributed by atoms with Crippen molar-refractivity contribution in [3.8, 4) is 5.75 Å². The van der Waals surface area contributed by atoms with E-state index in [9.17, 15) is 4.79 Å². The molecule has 0 saturated heterocycles. The van der Waals surface area contributed by atoms with Crippen LogP contribution in [0.4, 0.5) is 5.13 Å². The number of carbonyl (C=O) groups is 1. The Morgan fingerprint density at radius 3 is 3.05 bits per heavy atom. The van der Waals surface area contributed by atoms with E-state index in [0.717, 1.165) is 16.0 Å². The highest BCUT2D eigenvalue weighted by molar-refractivity contribution is 7.22. The molecule has 20 heavy (non-hydrogen) atoms. The van der Waals surface area contributed by atoms with Crippen molar-refractivity contribution >= 4 is 32.6 Å². The van der Waals surface area contributed by atoms with E-state index in [1.165, 1.54) is 17.4 Å². The minimum atomic E-state index is -0.188. The van der Waals surface area contributed by atoms with Gasteiger partial charge in [-0.2, -0.15) is 0 Å². The summed E-state index contributed by atoms with van der Waals surface area (Å²) in [6, 6.07) is 5.70. The number of fused-ring (bicyclic) bond motifs is 1. The van der Waals surface area contributed by atoms with Crippen molar-refractivity contribution < 1.29 is 9.53 Å². The molecule has 0 aliphatic heterocycles. The maximum Gasteiger partial charge on any atom is 0.250 e. The van der Waals surface area contributed by atoms with Crippen molar-refractivity contribution in [2.24, 2.45) is 0 Å². The molecule has 1 amide bonds. The smallest absolute Gasteiger partial charge is 0.250 e. The Morgan fingerprint density at radius 1 is 1.45 bits per heavy atom. The summed E-state index contributed by atoms with van der Waals surface area (Å²) in [5.74, 6) is 0.627. The third-order valence-electron chi connectivity index (χ3n) is 2.45. The first-order valence-electron chi connectivity index (χ1n) is 6.36. The number of hydrogen-bond donors (Lipinski definition) is 1. The number of carbonyl (C=O) groups excluding carboxylic acids is 1. The molecule has 0 radical (unpaired) electrons. The van der Waals surface area contributed by atoms with Crippen LogP contribution in [0.25, 0.3) is 10.2 Å².